The summed E-state index contributed by atoms with van der Waals surface area (Å²) in [7, 11) is -3.66. The molecule has 6 heteroatoms. The van der Waals surface area contributed by atoms with Crippen molar-refractivity contribution in [2.24, 2.45) is 5.73 Å². The summed E-state index contributed by atoms with van der Waals surface area (Å²) in [6.45, 7) is 4.13. The minimum absolute atomic E-state index is 0.198. The van der Waals surface area contributed by atoms with Gasteiger partial charge in [0.15, 0.2) is 0 Å². The summed E-state index contributed by atoms with van der Waals surface area (Å²) in [6, 6.07) is 10.2. The van der Waals surface area contributed by atoms with Gasteiger partial charge in [0, 0.05) is 12.2 Å². The molecule has 1 aromatic carbocycles. The highest BCUT2D eigenvalue weighted by Crippen LogP contribution is 2.19. The van der Waals surface area contributed by atoms with Crippen LogP contribution in [0, 0.1) is 6.92 Å². The molecule has 0 aliphatic heterocycles. The average molecular weight is 305 g/mol. The van der Waals surface area contributed by atoms with E-state index in [0.717, 1.165) is 23.2 Å². The number of anilines is 1. The van der Waals surface area contributed by atoms with Crippen molar-refractivity contribution in [3.63, 3.8) is 0 Å². The van der Waals surface area contributed by atoms with E-state index < -0.39 is 10.0 Å². The zero-order valence-electron chi connectivity index (χ0n) is 12.1. The number of nitrogens with two attached hydrogens (primary N) is 1. The lowest BCUT2D eigenvalue weighted by Gasteiger charge is -2.11. The van der Waals surface area contributed by atoms with E-state index in [2.05, 4.69) is 9.71 Å². The Morgan fingerprint density at radius 3 is 2.57 bits per heavy atom. The van der Waals surface area contributed by atoms with Gasteiger partial charge in [0.2, 0.25) is 0 Å². The number of hydrogen-bond acceptors (Lipinski definition) is 4. The van der Waals surface area contributed by atoms with Crippen LogP contribution in [0.15, 0.2) is 41.3 Å². The van der Waals surface area contributed by atoms with Gasteiger partial charge < -0.3 is 5.73 Å². The van der Waals surface area contributed by atoms with Crippen molar-refractivity contribution in [3.8, 4) is 0 Å². The maximum absolute atomic E-state index is 12.4. The molecule has 0 aliphatic rings. The molecule has 0 spiro atoms. The molecule has 0 atom stereocenters. The summed E-state index contributed by atoms with van der Waals surface area (Å²) >= 11 is 0. The number of aryl methyl sites for hydroxylation is 2. The second kappa shape index (κ2) is 6.24. The van der Waals surface area contributed by atoms with E-state index in [0.29, 0.717) is 12.4 Å². The summed E-state index contributed by atoms with van der Waals surface area (Å²) in [5.74, 6) is 0.309. The van der Waals surface area contributed by atoms with E-state index in [9.17, 15) is 8.42 Å². The number of aromatic nitrogens is 1. The molecule has 0 saturated heterocycles. The Bertz CT molecular complexity index is 742. The Kier molecular flexibility index (Phi) is 4.59. The fourth-order valence-corrected chi connectivity index (χ4v) is 3.15. The normalized spacial score (nSPS) is 11.4. The van der Waals surface area contributed by atoms with Crippen molar-refractivity contribution >= 4 is 15.8 Å². The van der Waals surface area contributed by atoms with Crippen LogP contribution < -0.4 is 10.5 Å². The molecule has 0 fully saturated rings. The first-order chi connectivity index (χ1) is 9.96. The standard InChI is InChI=1S/C15H19N3O2S/c1-3-12-7-8-14(9-13(12)10-16)21(19,20)18-15-6-4-5-11(2)17-15/h4-9H,3,10,16H2,1-2H3,(H,17,18). The highest BCUT2D eigenvalue weighted by Gasteiger charge is 2.16. The van der Waals surface area contributed by atoms with Crippen LogP contribution in [0.4, 0.5) is 5.82 Å². The zero-order chi connectivity index (χ0) is 15.5. The van der Waals surface area contributed by atoms with Gasteiger partial charge in [-0.1, -0.05) is 19.1 Å². The minimum Gasteiger partial charge on any atom is -0.326 e. The molecule has 2 rings (SSSR count). The van der Waals surface area contributed by atoms with Crippen LogP contribution in [0.3, 0.4) is 0 Å². The van der Waals surface area contributed by atoms with Gasteiger partial charge in [-0.3, -0.25) is 4.72 Å². The second-order valence-corrected chi connectivity index (χ2v) is 6.44. The summed E-state index contributed by atoms with van der Waals surface area (Å²) in [6.07, 6.45) is 0.819. The summed E-state index contributed by atoms with van der Waals surface area (Å²) in [5, 5.41) is 0. The van der Waals surface area contributed by atoms with Gasteiger partial charge in [0.25, 0.3) is 10.0 Å². The van der Waals surface area contributed by atoms with Crippen LogP contribution in [-0.2, 0) is 23.0 Å². The third-order valence-corrected chi connectivity index (χ3v) is 4.57. The minimum atomic E-state index is -3.66. The van der Waals surface area contributed by atoms with Crippen molar-refractivity contribution < 1.29 is 8.42 Å². The molecular weight excluding hydrogens is 286 g/mol. The van der Waals surface area contributed by atoms with E-state index in [1.54, 1.807) is 43.3 Å². The van der Waals surface area contributed by atoms with Crippen LogP contribution in [0.5, 0.6) is 0 Å². The average Bonchev–Trinajstić information content (AvgIpc) is 2.46. The van der Waals surface area contributed by atoms with E-state index >= 15 is 0 Å². The number of hydrogen-bond donors (Lipinski definition) is 2. The smallest absolute Gasteiger partial charge is 0.263 e. The number of benzene rings is 1. The van der Waals surface area contributed by atoms with Gasteiger partial charge in [0.1, 0.15) is 5.82 Å². The first kappa shape index (κ1) is 15.5. The molecule has 0 saturated carbocycles. The molecule has 0 radical (unpaired) electrons. The van der Waals surface area contributed by atoms with Gasteiger partial charge in [-0.2, -0.15) is 0 Å². The van der Waals surface area contributed by atoms with E-state index in [4.69, 9.17) is 5.73 Å². The van der Waals surface area contributed by atoms with Crippen molar-refractivity contribution in [2.75, 3.05) is 4.72 Å². The first-order valence-electron chi connectivity index (χ1n) is 6.74. The molecule has 21 heavy (non-hydrogen) atoms. The molecule has 0 amide bonds. The SMILES string of the molecule is CCc1ccc(S(=O)(=O)Nc2cccc(C)n2)cc1CN. The number of nitrogens with one attached hydrogen (secondary N) is 1. The number of rotatable bonds is 5. The molecule has 0 unspecified atom stereocenters. The Balaban J connectivity index is 2.35. The Labute approximate surface area is 125 Å². The maximum atomic E-state index is 12.4. The predicted molar refractivity (Wildman–Crippen MR) is 83.5 cm³/mol. The van der Waals surface area contributed by atoms with Gasteiger partial charge in [0.05, 0.1) is 4.90 Å². The van der Waals surface area contributed by atoms with E-state index in [1.165, 1.54) is 0 Å². The van der Waals surface area contributed by atoms with Gasteiger partial charge in [-0.05, 0) is 48.7 Å². The number of pyridine rings is 1. The Morgan fingerprint density at radius 1 is 1.19 bits per heavy atom. The largest absolute Gasteiger partial charge is 0.326 e. The molecule has 1 heterocycles. The van der Waals surface area contributed by atoms with E-state index in [1.807, 2.05) is 6.92 Å². The molecule has 5 nitrogen and oxygen atoms in total. The monoisotopic (exact) mass is 305 g/mol. The first-order valence-corrected chi connectivity index (χ1v) is 8.23. The fourth-order valence-electron chi connectivity index (χ4n) is 2.10. The molecule has 112 valence electrons. The Hall–Kier alpha value is -1.92. The van der Waals surface area contributed by atoms with Crippen molar-refractivity contribution in [1.29, 1.82) is 0 Å². The van der Waals surface area contributed by atoms with Crippen molar-refractivity contribution in [3.05, 3.63) is 53.2 Å². The lowest BCUT2D eigenvalue weighted by Crippen LogP contribution is -2.15. The molecule has 0 aliphatic carbocycles. The number of sulfonamides is 1. The van der Waals surface area contributed by atoms with Crippen LogP contribution >= 0.6 is 0 Å². The van der Waals surface area contributed by atoms with Crippen LogP contribution in [-0.4, -0.2) is 13.4 Å². The van der Waals surface area contributed by atoms with E-state index in [-0.39, 0.29) is 4.90 Å². The molecule has 0 bridgehead atoms. The molecule has 1 aromatic heterocycles. The molecule has 3 N–H and O–H groups in total. The van der Waals surface area contributed by atoms with Crippen molar-refractivity contribution in [2.45, 2.75) is 31.7 Å². The topological polar surface area (TPSA) is 85.1 Å². The lowest BCUT2D eigenvalue weighted by molar-refractivity contribution is 0.601. The van der Waals surface area contributed by atoms with Crippen LogP contribution in [0.2, 0.25) is 0 Å². The van der Waals surface area contributed by atoms with Crippen LogP contribution in [0.1, 0.15) is 23.7 Å². The fraction of sp³-hybridized carbons (Fsp3) is 0.267. The number of nitrogens with zero attached hydrogens (tertiary/aromatic N) is 1. The summed E-state index contributed by atoms with van der Waals surface area (Å²) < 4.78 is 27.3. The van der Waals surface area contributed by atoms with Gasteiger partial charge in [-0.25, -0.2) is 13.4 Å². The molecular formula is C15H19N3O2S. The summed E-state index contributed by atoms with van der Waals surface area (Å²) in [4.78, 5) is 4.34. The van der Waals surface area contributed by atoms with Crippen LogP contribution in [0.25, 0.3) is 0 Å². The highest BCUT2D eigenvalue weighted by molar-refractivity contribution is 7.92. The third-order valence-electron chi connectivity index (χ3n) is 3.22. The quantitative estimate of drug-likeness (QED) is 0.887. The van der Waals surface area contributed by atoms with Gasteiger partial charge >= 0.3 is 0 Å². The third kappa shape index (κ3) is 3.59. The predicted octanol–water partition coefficient (Wildman–Crippen LogP) is 2.21. The zero-order valence-corrected chi connectivity index (χ0v) is 12.9. The summed E-state index contributed by atoms with van der Waals surface area (Å²) in [5.41, 5.74) is 8.34. The second-order valence-electron chi connectivity index (χ2n) is 4.76. The highest BCUT2D eigenvalue weighted by atomic mass is 32.2. The maximum Gasteiger partial charge on any atom is 0.263 e. The lowest BCUT2D eigenvalue weighted by atomic mass is 10.1. The molecule has 2 aromatic rings. The van der Waals surface area contributed by atoms with Gasteiger partial charge in [-0.15, -0.1) is 0 Å². The van der Waals surface area contributed by atoms with Crippen molar-refractivity contribution in [1.82, 2.24) is 4.98 Å². The Morgan fingerprint density at radius 2 is 1.95 bits per heavy atom.